The van der Waals surface area contributed by atoms with Crippen molar-refractivity contribution >= 4 is 38.1 Å². The molecule has 1 aromatic rings. The van der Waals surface area contributed by atoms with Crippen molar-refractivity contribution in [1.29, 1.82) is 0 Å². The van der Waals surface area contributed by atoms with Crippen LogP contribution in [0.5, 0.6) is 0 Å². The van der Waals surface area contributed by atoms with E-state index in [9.17, 15) is 4.79 Å². The topological polar surface area (TPSA) is 17.1 Å². The molecule has 0 saturated heterocycles. The van der Waals surface area contributed by atoms with Crippen LogP contribution >= 0.6 is 31.9 Å². The highest BCUT2D eigenvalue weighted by Crippen LogP contribution is 2.16. The molecule has 1 aromatic carbocycles. The average molecular weight is 306 g/mol. The van der Waals surface area contributed by atoms with Gasteiger partial charge in [0.1, 0.15) is 6.29 Å². The van der Waals surface area contributed by atoms with Gasteiger partial charge in [-0.2, -0.15) is 0 Å². The van der Waals surface area contributed by atoms with Gasteiger partial charge in [0.15, 0.2) is 0 Å². The maximum absolute atomic E-state index is 10.7. The summed E-state index contributed by atoms with van der Waals surface area (Å²) in [5, 5.41) is 0.974. The second-order valence-electron chi connectivity index (χ2n) is 2.75. The van der Waals surface area contributed by atoms with Crippen LogP contribution in [0.3, 0.4) is 0 Å². The SMILES string of the molecule is O=Cc1cc(Br)ccc1CCCBr. The Bertz CT molecular complexity index is 297. The molecule has 0 aliphatic heterocycles. The van der Waals surface area contributed by atoms with Crippen molar-refractivity contribution in [2.24, 2.45) is 0 Å². The van der Waals surface area contributed by atoms with Crippen molar-refractivity contribution in [2.75, 3.05) is 5.33 Å². The lowest BCUT2D eigenvalue weighted by Crippen LogP contribution is -1.93. The first-order valence-electron chi connectivity index (χ1n) is 4.07. The molecule has 0 aliphatic carbocycles. The van der Waals surface area contributed by atoms with Gasteiger partial charge < -0.3 is 0 Å². The number of benzene rings is 1. The zero-order chi connectivity index (χ0) is 9.68. The van der Waals surface area contributed by atoms with Crippen LogP contribution in [0.25, 0.3) is 0 Å². The van der Waals surface area contributed by atoms with Crippen molar-refractivity contribution in [3.63, 3.8) is 0 Å². The van der Waals surface area contributed by atoms with Crippen LogP contribution < -0.4 is 0 Å². The summed E-state index contributed by atoms with van der Waals surface area (Å²) in [7, 11) is 0. The van der Waals surface area contributed by atoms with Crippen LogP contribution in [-0.4, -0.2) is 11.6 Å². The normalized spacial score (nSPS) is 10.0. The summed E-state index contributed by atoms with van der Waals surface area (Å²) in [6.07, 6.45) is 2.92. The van der Waals surface area contributed by atoms with E-state index in [0.29, 0.717) is 0 Å². The second-order valence-corrected chi connectivity index (χ2v) is 4.46. The Morgan fingerprint density at radius 2 is 2.15 bits per heavy atom. The van der Waals surface area contributed by atoms with Crippen LogP contribution in [0, 0.1) is 0 Å². The first kappa shape index (κ1) is 10.9. The lowest BCUT2D eigenvalue weighted by atomic mass is 10.0. The minimum Gasteiger partial charge on any atom is -0.298 e. The molecule has 3 heteroatoms. The van der Waals surface area contributed by atoms with Crippen molar-refractivity contribution in [1.82, 2.24) is 0 Å². The quantitative estimate of drug-likeness (QED) is 0.614. The third kappa shape index (κ3) is 3.24. The molecule has 0 atom stereocenters. The van der Waals surface area contributed by atoms with Crippen LogP contribution in [0.2, 0.25) is 0 Å². The molecule has 1 nitrogen and oxygen atoms in total. The highest BCUT2D eigenvalue weighted by molar-refractivity contribution is 9.10. The molecule has 0 spiro atoms. The van der Waals surface area contributed by atoms with E-state index in [0.717, 1.165) is 40.1 Å². The molecule has 13 heavy (non-hydrogen) atoms. The number of alkyl halides is 1. The first-order chi connectivity index (χ1) is 6.27. The molecule has 0 aliphatic rings. The molecule has 0 saturated carbocycles. The van der Waals surface area contributed by atoms with Crippen LogP contribution in [0.15, 0.2) is 22.7 Å². The Hall–Kier alpha value is -0.150. The maximum Gasteiger partial charge on any atom is 0.150 e. The number of rotatable bonds is 4. The van der Waals surface area contributed by atoms with Gasteiger partial charge in [-0.3, -0.25) is 4.79 Å². The number of carbonyl (C=O) groups excluding carboxylic acids is 1. The van der Waals surface area contributed by atoms with Gasteiger partial charge in [-0.25, -0.2) is 0 Å². The van der Waals surface area contributed by atoms with Gasteiger partial charge in [-0.15, -0.1) is 0 Å². The Balaban J connectivity index is 2.86. The van der Waals surface area contributed by atoms with Gasteiger partial charge in [0.25, 0.3) is 0 Å². The molecular weight excluding hydrogens is 296 g/mol. The monoisotopic (exact) mass is 304 g/mol. The number of hydrogen-bond donors (Lipinski definition) is 0. The maximum atomic E-state index is 10.7. The third-order valence-electron chi connectivity index (χ3n) is 1.81. The van der Waals surface area contributed by atoms with Crippen LogP contribution in [0.1, 0.15) is 22.3 Å². The van der Waals surface area contributed by atoms with E-state index < -0.39 is 0 Å². The van der Waals surface area contributed by atoms with Gasteiger partial charge in [-0.05, 0) is 30.5 Å². The highest BCUT2D eigenvalue weighted by Gasteiger charge is 2.01. The molecule has 0 heterocycles. The summed E-state index contributed by atoms with van der Waals surface area (Å²) in [6, 6.07) is 5.82. The van der Waals surface area contributed by atoms with Crippen molar-refractivity contribution in [3.05, 3.63) is 33.8 Å². The van der Waals surface area contributed by atoms with E-state index in [-0.39, 0.29) is 0 Å². The smallest absolute Gasteiger partial charge is 0.150 e. The Kier molecular flexibility index (Phi) is 4.67. The molecule has 0 bridgehead atoms. The first-order valence-corrected chi connectivity index (χ1v) is 5.99. The van der Waals surface area contributed by atoms with Crippen LogP contribution in [0.4, 0.5) is 0 Å². The highest BCUT2D eigenvalue weighted by atomic mass is 79.9. The van der Waals surface area contributed by atoms with E-state index in [2.05, 4.69) is 31.9 Å². The second kappa shape index (κ2) is 5.55. The van der Waals surface area contributed by atoms with Crippen molar-refractivity contribution in [3.8, 4) is 0 Å². The van der Waals surface area contributed by atoms with E-state index >= 15 is 0 Å². The van der Waals surface area contributed by atoms with Gasteiger partial charge in [0, 0.05) is 15.4 Å². The zero-order valence-corrected chi connectivity index (χ0v) is 10.3. The fourth-order valence-electron chi connectivity index (χ4n) is 1.16. The minimum atomic E-state index is 0.787. The predicted molar refractivity (Wildman–Crippen MR) is 61.6 cm³/mol. The Morgan fingerprint density at radius 3 is 2.77 bits per heavy atom. The molecule has 0 amide bonds. The zero-order valence-electron chi connectivity index (χ0n) is 7.09. The Labute approximate surface area is 94.8 Å². The molecule has 0 radical (unpaired) electrons. The summed E-state index contributed by atoms with van der Waals surface area (Å²) in [5.41, 5.74) is 1.91. The summed E-state index contributed by atoms with van der Waals surface area (Å²) >= 11 is 6.71. The summed E-state index contributed by atoms with van der Waals surface area (Å²) < 4.78 is 0.956. The fourth-order valence-corrected chi connectivity index (χ4v) is 1.82. The molecule has 1 rings (SSSR count). The van der Waals surface area contributed by atoms with Gasteiger partial charge in [0.2, 0.25) is 0 Å². The molecular formula is C10H10Br2O. The molecule has 0 unspecified atom stereocenters. The van der Waals surface area contributed by atoms with Gasteiger partial charge >= 0.3 is 0 Å². The number of hydrogen-bond acceptors (Lipinski definition) is 1. The standard InChI is InChI=1S/C10H10Br2O/c11-5-1-2-8-3-4-10(12)6-9(8)7-13/h3-4,6-7H,1-2,5H2. The van der Waals surface area contributed by atoms with E-state index in [1.807, 2.05) is 18.2 Å². The lowest BCUT2D eigenvalue weighted by Gasteiger charge is -2.03. The average Bonchev–Trinajstić information content (AvgIpc) is 2.16. The lowest BCUT2D eigenvalue weighted by molar-refractivity contribution is 0.112. The summed E-state index contributed by atoms with van der Waals surface area (Å²) in [4.78, 5) is 10.7. The number of aldehydes is 1. The van der Waals surface area contributed by atoms with E-state index in [4.69, 9.17) is 0 Å². The number of carbonyl (C=O) groups is 1. The predicted octanol–water partition coefficient (Wildman–Crippen LogP) is 3.59. The van der Waals surface area contributed by atoms with E-state index in [1.165, 1.54) is 0 Å². The largest absolute Gasteiger partial charge is 0.298 e. The minimum absolute atomic E-state index is 0.787. The molecule has 0 N–H and O–H groups in total. The summed E-state index contributed by atoms with van der Waals surface area (Å²) in [5.74, 6) is 0. The number of halogens is 2. The van der Waals surface area contributed by atoms with Crippen LogP contribution in [-0.2, 0) is 6.42 Å². The fraction of sp³-hybridized carbons (Fsp3) is 0.300. The van der Waals surface area contributed by atoms with E-state index in [1.54, 1.807) is 0 Å². The molecule has 0 aromatic heterocycles. The number of aryl methyl sites for hydroxylation is 1. The molecule has 0 fully saturated rings. The van der Waals surface area contributed by atoms with Crippen molar-refractivity contribution in [2.45, 2.75) is 12.8 Å². The summed E-state index contributed by atoms with van der Waals surface area (Å²) in [6.45, 7) is 0. The van der Waals surface area contributed by atoms with Crippen molar-refractivity contribution < 1.29 is 4.79 Å². The van der Waals surface area contributed by atoms with Gasteiger partial charge in [-0.1, -0.05) is 37.9 Å². The third-order valence-corrected chi connectivity index (χ3v) is 2.87. The van der Waals surface area contributed by atoms with Gasteiger partial charge in [0.05, 0.1) is 0 Å². The Morgan fingerprint density at radius 1 is 1.38 bits per heavy atom. The molecule has 70 valence electrons.